The molecule has 20 heavy (non-hydrogen) atoms. The lowest BCUT2D eigenvalue weighted by Crippen LogP contribution is -2.14. The third-order valence-corrected chi connectivity index (χ3v) is 6.13. The van der Waals surface area contributed by atoms with Gasteiger partial charge in [0.25, 0.3) is 10.0 Å². The van der Waals surface area contributed by atoms with Crippen LogP contribution in [-0.2, 0) is 10.0 Å². The van der Waals surface area contributed by atoms with Crippen LogP contribution >= 0.6 is 43.5 Å². The molecule has 106 valence electrons. The third kappa shape index (κ3) is 3.36. The minimum absolute atomic E-state index is 0.148. The molecule has 0 atom stereocenters. The van der Waals surface area contributed by atoms with Crippen molar-refractivity contribution in [1.82, 2.24) is 0 Å². The minimum atomic E-state index is -3.72. The van der Waals surface area contributed by atoms with Gasteiger partial charge in [0, 0.05) is 8.95 Å². The van der Waals surface area contributed by atoms with Crippen molar-refractivity contribution >= 4 is 59.2 Å². The van der Waals surface area contributed by atoms with Gasteiger partial charge in [-0.1, -0.05) is 39.7 Å². The van der Waals surface area contributed by atoms with Crippen molar-refractivity contribution in [1.29, 1.82) is 0 Å². The van der Waals surface area contributed by atoms with Crippen LogP contribution in [0.25, 0.3) is 0 Å². The van der Waals surface area contributed by atoms with Crippen LogP contribution in [0.15, 0.2) is 50.2 Å². The largest absolute Gasteiger partial charge is 0.278 e. The molecule has 0 aliphatic carbocycles. The van der Waals surface area contributed by atoms with Crippen molar-refractivity contribution in [2.24, 2.45) is 0 Å². The molecule has 0 spiro atoms. The van der Waals surface area contributed by atoms with Crippen LogP contribution in [0.1, 0.15) is 5.56 Å². The molecule has 0 amide bonds. The lowest BCUT2D eigenvalue weighted by atomic mass is 10.2. The molecule has 0 unspecified atom stereocenters. The van der Waals surface area contributed by atoms with Gasteiger partial charge < -0.3 is 0 Å². The molecule has 0 fully saturated rings. The van der Waals surface area contributed by atoms with Crippen LogP contribution in [0.3, 0.4) is 0 Å². The van der Waals surface area contributed by atoms with E-state index in [-0.39, 0.29) is 4.90 Å². The SMILES string of the molecule is Cc1cc(Br)c(S(=O)(=O)Nc2ccccc2Cl)cc1Br. The van der Waals surface area contributed by atoms with E-state index in [0.29, 0.717) is 15.2 Å². The monoisotopic (exact) mass is 437 g/mol. The van der Waals surface area contributed by atoms with E-state index in [0.717, 1.165) is 10.0 Å². The molecule has 0 saturated heterocycles. The first-order valence-electron chi connectivity index (χ1n) is 5.54. The predicted molar refractivity (Wildman–Crippen MR) is 88.8 cm³/mol. The molecule has 0 bridgehead atoms. The highest BCUT2D eigenvalue weighted by atomic mass is 79.9. The molecule has 2 rings (SSSR count). The van der Waals surface area contributed by atoms with Gasteiger partial charge in [-0.2, -0.15) is 0 Å². The number of para-hydroxylation sites is 1. The summed E-state index contributed by atoms with van der Waals surface area (Å²) < 4.78 is 28.5. The second kappa shape index (κ2) is 6.05. The van der Waals surface area contributed by atoms with E-state index in [4.69, 9.17) is 11.6 Å². The standard InChI is InChI=1S/C13H10Br2ClNO2S/c1-8-6-10(15)13(7-9(8)14)20(18,19)17-12-5-3-2-4-11(12)16/h2-7,17H,1H3. The van der Waals surface area contributed by atoms with Crippen LogP contribution in [0, 0.1) is 6.92 Å². The first-order chi connectivity index (χ1) is 9.31. The number of anilines is 1. The molecule has 0 radical (unpaired) electrons. The van der Waals surface area contributed by atoms with E-state index in [2.05, 4.69) is 36.6 Å². The summed E-state index contributed by atoms with van der Waals surface area (Å²) in [5, 5.41) is 0.346. The van der Waals surface area contributed by atoms with Gasteiger partial charge in [0.05, 0.1) is 10.7 Å². The number of aryl methyl sites for hydroxylation is 1. The quantitative estimate of drug-likeness (QED) is 0.734. The smallest absolute Gasteiger partial charge is 0.263 e. The summed E-state index contributed by atoms with van der Waals surface area (Å²) in [5.74, 6) is 0. The Labute approximate surface area is 139 Å². The first kappa shape index (κ1) is 15.8. The summed E-state index contributed by atoms with van der Waals surface area (Å²) in [5.41, 5.74) is 1.28. The van der Waals surface area contributed by atoms with E-state index in [1.54, 1.807) is 36.4 Å². The number of benzene rings is 2. The van der Waals surface area contributed by atoms with E-state index < -0.39 is 10.0 Å². The zero-order valence-electron chi connectivity index (χ0n) is 10.3. The average Bonchev–Trinajstić information content (AvgIpc) is 2.36. The molecule has 3 nitrogen and oxygen atoms in total. The maximum absolute atomic E-state index is 12.4. The van der Waals surface area contributed by atoms with Crippen molar-refractivity contribution in [3.05, 3.63) is 55.9 Å². The highest BCUT2D eigenvalue weighted by Gasteiger charge is 2.20. The first-order valence-corrected chi connectivity index (χ1v) is 8.99. The molecule has 7 heteroatoms. The highest BCUT2D eigenvalue weighted by molar-refractivity contribution is 9.11. The Balaban J connectivity index is 2.47. The van der Waals surface area contributed by atoms with Crippen LogP contribution < -0.4 is 4.72 Å². The Bertz CT molecular complexity index is 763. The van der Waals surface area contributed by atoms with Gasteiger partial charge >= 0.3 is 0 Å². The Morgan fingerprint density at radius 2 is 1.75 bits per heavy atom. The fourth-order valence-electron chi connectivity index (χ4n) is 1.58. The van der Waals surface area contributed by atoms with Crippen LogP contribution in [-0.4, -0.2) is 8.42 Å². The van der Waals surface area contributed by atoms with Gasteiger partial charge in [0.1, 0.15) is 4.90 Å². The van der Waals surface area contributed by atoms with Gasteiger partial charge in [0.15, 0.2) is 0 Å². The summed E-state index contributed by atoms with van der Waals surface area (Å²) in [6.07, 6.45) is 0. The Hall–Kier alpha value is -0.560. The zero-order chi connectivity index (χ0) is 14.9. The summed E-state index contributed by atoms with van der Waals surface area (Å²) in [7, 11) is -3.72. The fourth-order valence-corrected chi connectivity index (χ4v) is 4.57. The number of nitrogens with one attached hydrogen (secondary N) is 1. The summed E-state index contributed by atoms with van der Waals surface area (Å²) in [4.78, 5) is 0.148. The number of hydrogen-bond acceptors (Lipinski definition) is 2. The van der Waals surface area contributed by atoms with E-state index in [1.807, 2.05) is 6.92 Å². The number of sulfonamides is 1. The van der Waals surface area contributed by atoms with E-state index in [9.17, 15) is 8.42 Å². The van der Waals surface area contributed by atoms with Gasteiger partial charge in [-0.15, -0.1) is 0 Å². The molecule has 2 aromatic carbocycles. The van der Waals surface area contributed by atoms with E-state index in [1.165, 1.54) is 0 Å². The van der Waals surface area contributed by atoms with Crippen LogP contribution in [0.4, 0.5) is 5.69 Å². The molecule has 0 saturated carbocycles. The Morgan fingerprint density at radius 1 is 1.10 bits per heavy atom. The maximum atomic E-state index is 12.4. The summed E-state index contributed by atoms with van der Waals surface area (Å²) in [6, 6.07) is 9.97. The van der Waals surface area contributed by atoms with Crippen LogP contribution in [0.5, 0.6) is 0 Å². The fraction of sp³-hybridized carbons (Fsp3) is 0.0769. The van der Waals surface area contributed by atoms with Crippen molar-refractivity contribution in [2.75, 3.05) is 4.72 Å². The maximum Gasteiger partial charge on any atom is 0.263 e. The van der Waals surface area contributed by atoms with Gasteiger partial charge in [-0.25, -0.2) is 8.42 Å². The molecule has 0 aliphatic rings. The minimum Gasteiger partial charge on any atom is -0.278 e. The lowest BCUT2D eigenvalue weighted by Gasteiger charge is -2.12. The van der Waals surface area contributed by atoms with Crippen molar-refractivity contribution in [3.63, 3.8) is 0 Å². The normalized spacial score (nSPS) is 11.4. The number of rotatable bonds is 3. The molecule has 2 aromatic rings. The van der Waals surface area contributed by atoms with Gasteiger partial charge in [-0.05, 0) is 52.7 Å². The van der Waals surface area contributed by atoms with Crippen LogP contribution in [0.2, 0.25) is 5.02 Å². The second-order valence-electron chi connectivity index (χ2n) is 4.12. The van der Waals surface area contributed by atoms with Crippen molar-refractivity contribution < 1.29 is 8.42 Å². The second-order valence-corrected chi connectivity index (χ2v) is 7.88. The van der Waals surface area contributed by atoms with Gasteiger partial charge in [0.2, 0.25) is 0 Å². The molecule has 0 aromatic heterocycles. The molecular weight excluding hydrogens is 429 g/mol. The van der Waals surface area contributed by atoms with Crippen molar-refractivity contribution in [2.45, 2.75) is 11.8 Å². The summed E-state index contributed by atoms with van der Waals surface area (Å²) in [6.45, 7) is 1.88. The predicted octanol–water partition coefficient (Wildman–Crippen LogP) is 4.97. The average molecular weight is 440 g/mol. The number of hydrogen-bond donors (Lipinski definition) is 1. The topological polar surface area (TPSA) is 46.2 Å². The molecular formula is C13H10Br2ClNO2S. The zero-order valence-corrected chi connectivity index (χ0v) is 15.1. The Morgan fingerprint density at radius 3 is 2.40 bits per heavy atom. The van der Waals surface area contributed by atoms with Gasteiger partial charge in [-0.3, -0.25) is 4.72 Å². The third-order valence-electron chi connectivity index (χ3n) is 2.62. The molecule has 1 N–H and O–H groups in total. The van der Waals surface area contributed by atoms with E-state index >= 15 is 0 Å². The molecule has 0 aliphatic heterocycles. The summed E-state index contributed by atoms with van der Waals surface area (Å²) >= 11 is 12.6. The van der Waals surface area contributed by atoms with Crippen molar-refractivity contribution in [3.8, 4) is 0 Å². The Kier molecular flexibility index (Phi) is 4.79. The molecule has 0 heterocycles. The lowest BCUT2D eigenvalue weighted by molar-refractivity contribution is 0.600. The number of halogens is 3. The highest BCUT2D eigenvalue weighted by Crippen LogP contribution is 2.31.